The third-order valence-corrected chi connectivity index (χ3v) is 3.22. The van der Waals surface area contributed by atoms with Crippen molar-refractivity contribution in [2.24, 2.45) is 0 Å². The Morgan fingerprint density at radius 3 is 2.62 bits per heavy atom. The normalized spacial score (nSPS) is 12.3. The number of aryl methyl sites for hydroxylation is 1. The smallest absolute Gasteiger partial charge is 0.330 e. The molecule has 6 heteroatoms. The molecule has 2 rings (SSSR count). The third kappa shape index (κ3) is 3.68. The highest BCUT2D eigenvalue weighted by atomic mass is 16.5. The summed E-state index contributed by atoms with van der Waals surface area (Å²) in [6, 6.07) is 9.26. The minimum absolute atomic E-state index is 0.0390. The van der Waals surface area contributed by atoms with Gasteiger partial charge in [-0.2, -0.15) is 0 Å². The first-order valence-electron chi connectivity index (χ1n) is 6.75. The molecular formula is C15H18N2O4. The molecule has 21 heavy (non-hydrogen) atoms. The summed E-state index contributed by atoms with van der Waals surface area (Å²) >= 11 is 0. The fraction of sp³-hybridized carbons (Fsp3) is 0.333. The topological polar surface area (TPSA) is 84.3 Å². The van der Waals surface area contributed by atoms with Crippen molar-refractivity contribution in [3.05, 3.63) is 68.5 Å². The quantitative estimate of drug-likeness (QED) is 0.824. The van der Waals surface area contributed by atoms with Gasteiger partial charge in [-0.3, -0.25) is 14.3 Å². The van der Waals surface area contributed by atoms with Crippen molar-refractivity contribution in [2.45, 2.75) is 26.2 Å². The van der Waals surface area contributed by atoms with Crippen molar-refractivity contribution in [3.63, 3.8) is 0 Å². The van der Waals surface area contributed by atoms with Crippen LogP contribution < -0.4 is 11.2 Å². The maximum Gasteiger partial charge on any atom is 0.330 e. The lowest BCUT2D eigenvalue weighted by Gasteiger charge is -2.16. The van der Waals surface area contributed by atoms with Crippen LogP contribution in [0.3, 0.4) is 0 Å². The Morgan fingerprint density at radius 1 is 1.29 bits per heavy atom. The number of hydrogen-bond donors (Lipinski definition) is 2. The Morgan fingerprint density at radius 2 is 2.00 bits per heavy atom. The molecule has 2 aromatic rings. The molecule has 0 aliphatic rings. The first-order chi connectivity index (χ1) is 10.2. The number of nitrogens with one attached hydrogen (secondary N) is 1. The summed E-state index contributed by atoms with van der Waals surface area (Å²) in [4.78, 5) is 25.4. The maximum absolute atomic E-state index is 11.7. The van der Waals surface area contributed by atoms with E-state index in [1.165, 1.54) is 10.8 Å². The molecular weight excluding hydrogens is 272 g/mol. The fourth-order valence-electron chi connectivity index (χ4n) is 1.99. The van der Waals surface area contributed by atoms with Crippen LogP contribution in [-0.2, 0) is 17.9 Å². The van der Waals surface area contributed by atoms with Crippen LogP contribution in [0, 0.1) is 0 Å². The van der Waals surface area contributed by atoms with Crippen LogP contribution in [0.5, 0.6) is 0 Å². The highest BCUT2D eigenvalue weighted by Gasteiger charge is 2.11. The Bertz CT molecular complexity index is 691. The average Bonchev–Trinajstić information content (AvgIpc) is 2.51. The first-order valence-corrected chi connectivity index (χ1v) is 6.75. The number of benzene rings is 1. The lowest BCUT2D eigenvalue weighted by atomic mass is 10.1. The highest BCUT2D eigenvalue weighted by molar-refractivity contribution is 5.17. The van der Waals surface area contributed by atoms with Gasteiger partial charge in [0.15, 0.2) is 0 Å². The monoisotopic (exact) mass is 290 g/mol. The predicted molar refractivity (Wildman–Crippen MR) is 78.1 cm³/mol. The van der Waals surface area contributed by atoms with Gasteiger partial charge < -0.3 is 9.84 Å². The van der Waals surface area contributed by atoms with Gasteiger partial charge in [-0.15, -0.1) is 0 Å². The van der Waals surface area contributed by atoms with Crippen LogP contribution in [-0.4, -0.2) is 21.3 Å². The lowest BCUT2D eigenvalue weighted by Crippen LogP contribution is -2.32. The maximum atomic E-state index is 11.7. The number of rotatable bonds is 6. The van der Waals surface area contributed by atoms with Crippen molar-refractivity contribution in [2.75, 3.05) is 6.61 Å². The molecule has 1 unspecified atom stereocenters. The second-order valence-electron chi connectivity index (χ2n) is 4.61. The Kier molecular flexibility index (Phi) is 5.08. The highest BCUT2D eigenvalue weighted by Crippen LogP contribution is 2.16. The van der Waals surface area contributed by atoms with E-state index in [-0.39, 0.29) is 18.9 Å². The summed E-state index contributed by atoms with van der Waals surface area (Å²) in [5.41, 5.74) is 0.439. The van der Waals surface area contributed by atoms with Gasteiger partial charge in [0.1, 0.15) is 12.8 Å². The van der Waals surface area contributed by atoms with Gasteiger partial charge in [0.25, 0.3) is 5.56 Å². The van der Waals surface area contributed by atoms with Gasteiger partial charge in [0.05, 0.1) is 6.61 Å². The van der Waals surface area contributed by atoms with E-state index in [9.17, 15) is 14.7 Å². The van der Waals surface area contributed by atoms with Gasteiger partial charge >= 0.3 is 5.69 Å². The van der Waals surface area contributed by atoms with E-state index in [0.29, 0.717) is 12.0 Å². The molecule has 1 aromatic heterocycles. The minimum Gasteiger partial charge on any atom is -0.393 e. The molecule has 0 saturated carbocycles. The standard InChI is InChI=1S/C15H18N2O4/c1-2-11-8-17(15(20)16-14(11)19)10-21-13(9-18)12-6-4-3-5-7-12/h3-8,13,18H,2,9-10H2,1H3,(H,16,19,20). The Hall–Kier alpha value is -2.18. The van der Waals surface area contributed by atoms with Gasteiger partial charge in [-0.25, -0.2) is 4.79 Å². The summed E-state index contributed by atoms with van der Waals surface area (Å²) in [7, 11) is 0. The number of aliphatic hydroxyl groups excluding tert-OH is 1. The van der Waals surface area contributed by atoms with Crippen molar-refractivity contribution in [1.29, 1.82) is 0 Å². The zero-order chi connectivity index (χ0) is 15.2. The summed E-state index contributed by atoms with van der Waals surface area (Å²) < 4.78 is 6.86. The molecule has 0 fully saturated rings. The molecule has 1 heterocycles. The third-order valence-electron chi connectivity index (χ3n) is 3.22. The van der Waals surface area contributed by atoms with Crippen molar-refractivity contribution in [1.82, 2.24) is 9.55 Å². The van der Waals surface area contributed by atoms with Crippen LogP contribution in [0.25, 0.3) is 0 Å². The minimum atomic E-state index is -0.526. The lowest BCUT2D eigenvalue weighted by molar-refractivity contribution is -0.0273. The van der Waals surface area contributed by atoms with E-state index >= 15 is 0 Å². The van der Waals surface area contributed by atoms with E-state index in [2.05, 4.69) is 4.98 Å². The number of hydrogen-bond acceptors (Lipinski definition) is 4. The van der Waals surface area contributed by atoms with Crippen LogP contribution in [0.1, 0.15) is 24.2 Å². The van der Waals surface area contributed by atoms with E-state index < -0.39 is 11.8 Å². The SMILES string of the molecule is CCc1cn(COC(CO)c2ccccc2)c(=O)[nH]c1=O. The number of aromatic amines is 1. The summed E-state index contributed by atoms with van der Waals surface area (Å²) in [6.07, 6.45) is 1.49. The van der Waals surface area contributed by atoms with Gasteiger partial charge in [-0.1, -0.05) is 37.3 Å². The summed E-state index contributed by atoms with van der Waals surface area (Å²) in [5, 5.41) is 9.40. The van der Waals surface area contributed by atoms with Crippen LogP contribution in [0.4, 0.5) is 0 Å². The molecule has 1 aromatic carbocycles. The zero-order valence-corrected chi connectivity index (χ0v) is 11.8. The second kappa shape index (κ2) is 7.01. The van der Waals surface area contributed by atoms with Crippen molar-refractivity contribution >= 4 is 0 Å². The van der Waals surface area contributed by atoms with E-state index in [0.717, 1.165) is 5.56 Å². The zero-order valence-electron chi connectivity index (χ0n) is 11.8. The van der Waals surface area contributed by atoms with Crippen LogP contribution in [0.2, 0.25) is 0 Å². The molecule has 6 nitrogen and oxygen atoms in total. The van der Waals surface area contributed by atoms with Crippen LogP contribution >= 0.6 is 0 Å². The van der Waals surface area contributed by atoms with E-state index in [1.807, 2.05) is 37.3 Å². The number of H-pyrrole nitrogens is 1. The summed E-state index contributed by atoms with van der Waals surface area (Å²) in [5.74, 6) is 0. The molecule has 0 bridgehead atoms. The Balaban J connectivity index is 2.15. The van der Waals surface area contributed by atoms with Crippen LogP contribution in [0.15, 0.2) is 46.1 Å². The number of ether oxygens (including phenoxy) is 1. The average molecular weight is 290 g/mol. The number of nitrogens with zero attached hydrogens (tertiary/aromatic N) is 1. The molecule has 2 N–H and O–H groups in total. The molecule has 0 amide bonds. The summed E-state index contributed by atoms with van der Waals surface area (Å²) in [6.45, 7) is 1.60. The molecule has 0 aliphatic carbocycles. The molecule has 0 radical (unpaired) electrons. The van der Waals surface area contributed by atoms with Crippen molar-refractivity contribution in [3.8, 4) is 0 Å². The second-order valence-corrected chi connectivity index (χ2v) is 4.61. The fourth-order valence-corrected chi connectivity index (χ4v) is 1.99. The predicted octanol–water partition coefficient (Wildman–Crippen LogP) is 0.807. The van der Waals surface area contributed by atoms with Gasteiger partial charge in [0, 0.05) is 11.8 Å². The number of aromatic nitrogens is 2. The largest absolute Gasteiger partial charge is 0.393 e. The Labute approximate surface area is 121 Å². The molecule has 0 spiro atoms. The first kappa shape index (κ1) is 15.2. The molecule has 0 saturated heterocycles. The molecule has 112 valence electrons. The molecule has 1 atom stereocenters. The van der Waals surface area contributed by atoms with Gasteiger partial charge in [0.2, 0.25) is 0 Å². The van der Waals surface area contributed by atoms with E-state index in [1.54, 1.807) is 0 Å². The van der Waals surface area contributed by atoms with Crippen molar-refractivity contribution < 1.29 is 9.84 Å². The van der Waals surface area contributed by atoms with E-state index in [4.69, 9.17) is 4.74 Å². The number of aliphatic hydroxyl groups is 1. The van der Waals surface area contributed by atoms with Gasteiger partial charge in [-0.05, 0) is 12.0 Å². The molecule has 0 aliphatic heterocycles.